The molecule has 1 aromatic rings. The predicted octanol–water partition coefficient (Wildman–Crippen LogP) is 0.746. The lowest BCUT2D eigenvalue weighted by molar-refractivity contribution is 0.418. The number of hydrogen-bond donors (Lipinski definition) is 1. The number of nitrogens with zero attached hydrogens (tertiary/aromatic N) is 3. The van der Waals surface area contributed by atoms with E-state index in [1.54, 1.807) is 4.80 Å². The van der Waals surface area contributed by atoms with Gasteiger partial charge < -0.3 is 5.32 Å². The van der Waals surface area contributed by atoms with Gasteiger partial charge in [-0.05, 0) is 32.2 Å². The highest BCUT2D eigenvalue weighted by Gasteiger charge is 2.26. The smallest absolute Gasteiger partial charge is 0.0830 e. The van der Waals surface area contributed by atoms with Crippen molar-refractivity contribution >= 4 is 0 Å². The fourth-order valence-corrected chi connectivity index (χ4v) is 2.41. The fourth-order valence-electron chi connectivity index (χ4n) is 2.41. The van der Waals surface area contributed by atoms with Gasteiger partial charge in [0.25, 0.3) is 0 Å². The molecule has 0 amide bonds. The van der Waals surface area contributed by atoms with Crippen molar-refractivity contribution in [3.63, 3.8) is 0 Å². The molecule has 0 aromatic carbocycles. The summed E-state index contributed by atoms with van der Waals surface area (Å²) in [7, 11) is 3.92. The van der Waals surface area contributed by atoms with E-state index in [1.807, 2.05) is 13.2 Å². The molecule has 2 rings (SSSR count). The van der Waals surface area contributed by atoms with Crippen LogP contribution in [-0.4, -0.2) is 28.1 Å². The average Bonchev–Trinajstić information content (AvgIpc) is 2.76. The molecule has 4 heteroatoms. The first kappa shape index (κ1) is 9.65. The Hall–Kier alpha value is -0.900. The number of nitrogens with one attached hydrogen (secondary N) is 1. The Morgan fingerprint density at radius 1 is 1.57 bits per heavy atom. The first-order chi connectivity index (χ1) is 6.79. The monoisotopic (exact) mass is 194 g/mol. The van der Waals surface area contributed by atoms with Crippen LogP contribution in [0.3, 0.4) is 0 Å². The van der Waals surface area contributed by atoms with E-state index in [0.29, 0.717) is 6.04 Å². The molecule has 0 aliphatic heterocycles. The lowest BCUT2D eigenvalue weighted by Gasteiger charge is -2.17. The van der Waals surface area contributed by atoms with Gasteiger partial charge in [0.15, 0.2) is 0 Å². The molecule has 1 aliphatic rings. The van der Waals surface area contributed by atoms with Crippen LogP contribution in [0.5, 0.6) is 0 Å². The third-order valence-electron chi connectivity index (χ3n) is 3.15. The Bertz CT molecular complexity index is 294. The summed E-state index contributed by atoms with van der Waals surface area (Å²) in [5.74, 6) is 0.747. The van der Waals surface area contributed by atoms with Gasteiger partial charge in [-0.2, -0.15) is 15.0 Å². The van der Waals surface area contributed by atoms with Crippen molar-refractivity contribution in [2.24, 2.45) is 13.0 Å². The first-order valence-electron chi connectivity index (χ1n) is 5.32. The lowest BCUT2D eigenvalue weighted by Crippen LogP contribution is -2.30. The minimum Gasteiger partial charge on any atom is -0.317 e. The van der Waals surface area contributed by atoms with Crippen molar-refractivity contribution in [1.29, 1.82) is 0 Å². The number of rotatable bonds is 3. The summed E-state index contributed by atoms with van der Waals surface area (Å²) in [6.07, 6.45) is 6.92. The Morgan fingerprint density at radius 2 is 2.43 bits per heavy atom. The summed E-state index contributed by atoms with van der Waals surface area (Å²) < 4.78 is 0. The quantitative estimate of drug-likeness (QED) is 0.772. The third-order valence-corrected chi connectivity index (χ3v) is 3.15. The van der Waals surface area contributed by atoms with Crippen LogP contribution in [0.15, 0.2) is 6.20 Å². The maximum atomic E-state index is 4.32. The summed E-state index contributed by atoms with van der Waals surface area (Å²) in [6, 6.07) is 0.678. The Morgan fingerprint density at radius 3 is 3.07 bits per heavy atom. The van der Waals surface area contributed by atoms with Gasteiger partial charge in [-0.3, -0.25) is 0 Å². The second-order valence-electron chi connectivity index (χ2n) is 4.12. The zero-order chi connectivity index (χ0) is 9.97. The van der Waals surface area contributed by atoms with Gasteiger partial charge in [0.05, 0.1) is 11.9 Å². The van der Waals surface area contributed by atoms with E-state index in [0.717, 1.165) is 18.0 Å². The molecule has 1 heterocycles. The molecule has 14 heavy (non-hydrogen) atoms. The molecule has 2 unspecified atom stereocenters. The Labute approximate surface area is 84.7 Å². The topological polar surface area (TPSA) is 42.7 Å². The van der Waals surface area contributed by atoms with Crippen molar-refractivity contribution in [3.8, 4) is 0 Å². The molecule has 0 bridgehead atoms. The first-order valence-corrected chi connectivity index (χ1v) is 5.32. The maximum Gasteiger partial charge on any atom is 0.0830 e. The van der Waals surface area contributed by atoms with Crippen molar-refractivity contribution < 1.29 is 0 Å². The highest BCUT2D eigenvalue weighted by atomic mass is 15.4. The van der Waals surface area contributed by atoms with Crippen LogP contribution in [0.2, 0.25) is 0 Å². The van der Waals surface area contributed by atoms with Crippen LogP contribution >= 0.6 is 0 Å². The van der Waals surface area contributed by atoms with Gasteiger partial charge in [0.2, 0.25) is 0 Å². The summed E-state index contributed by atoms with van der Waals surface area (Å²) in [4.78, 5) is 1.64. The van der Waals surface area contributed by atoms with Crippen molar-refractivity contribution in [1.82, 2.24) is 20.3 Å². The van der Waals surface area contributed by atoms with E-state index in [9.17, 15) is 0 Å². The van der Waals surface area contributed by atoms with Crippen LogP contribution in [0.25, 0.3) is 0 Å². The second-order valence-corrected chi connectivity index (χ2v) is 4.12. The van der Waals surface area contributed by atoms with E-state index in [4.69, 9.17) is 0 Å². The molecular formula is C10H18N4. The van der Waals surface area contributed by atoms with Crippen molar-refractivity contribution in [3.05, 3.63) is 11.9 Å². The molecule has 1 N–H and O–H groups in total. The molecule has 1 aromatic heterocycles. The molecule has 2 atom stereocenters. The SMILES string of the molecule is CNC1CCCC1Cc1cnn(C)n1. The minimum absolute atomic E-state index is 0.678. The van der Waals surface area contributed by atoms with E-state index in [1.165, 1.54) is 19.3 Å². The van der Waals surface area contributed by atoms with E-state index in [-0.39, 0.29) is 0 Å². The number of aryl methyl sites for hydroxylation is 1. The largest absolute Gasteiger partial charge is 0.317 e. The Balaban J connectivity index is 1.96. The summed E-state index contributed by atoms with van der Waals surface area (Å²) >= 11 is 0. The van der Waals surface area contributed by atoms with Gasteiger partial charge in [0.1, 0.15) is 0 Å². The van der Waals surface area contributed by atoms with Gasteiger partial charge in [-0.25, -0.2) is 0 Å². The van der Waals surface area contributed by atoms with Gasteiger partial charge in [0, 0.05) is 13.1 Å². The molecule has 1 aliphatic carbocycles. The van der Waals surface area contributed by atoms with Gasteiger partial charge in [-0.15, -0.1) is 0 Å². The van der Waals surface area contributed by atoms with E-state index < -0.39 is 0 Å². The zero-order valence-electron chi connectivity index (χ0n) is 8.90. The molecule has 0 spiro atoms. The fraction of sp³-hybridized carbons (Fsp3) is 0.800. The van der Waals surface area contributed by atoms with Gasteiger partial charge >= 0.3 is 0 Å². The van der Waals surface area contributed by atoms with E-state index in [2.05, 4.69) is 22.6 Å². The maximum absolute atomic E-state index is 4.32. The highest BCUT2D eigenvalue weighted by molar-refractivity contribution is 4.97. The van der Waals surface area contributed by atoms with Crippen LogP contribution in [0.1, 0.15) is 25.0 Å². The van der Waals surface area contributed by atoms with Crippen LogP contribution in [0, 0.1) is 5.92 Å². The molecule has 0 radical (unpaired) electrons. The van der Waals surface area contributed by atoms with Gasteiger partial charge in [-0.1, -0.05) is 6.42 Å². The standard InChI is InChI=1S/C10H18N4/c1-11-10-5-3-4-8(10)6-9-7-12-14(2)13-9/h7-8,10-11H,3-6H2,1-2H3. The molecule has 4 nitrogen and oxygen atoms in total. The lowest BCUT2D eigenvalue weighted by atomic mass is 9.98. The normalized spacial score (nSPS) is 27.0. The van der Waals surface area contributed by atoms with E-state index >= 15 is 0 Å². The molecule has 1 fully saturated rings. The summed E-state index contributed by atoms with van der Waals surface area (Å²) in [6.45, 7) is 0. The molecule has 1 saturated carbocycles. The third kappa shape index (κ3) is 1.95. The second kappa shape index (κ2) is 4.09. The van der Waals surface area contributed by atoms with Crippen LogP contribution in [0.4, 0.5) is 0 Å². The molecule has 78 valence electrons. The number of hydrogen-bond acceptors (Lipinski definition) is 3. The highest BCUT2D eigenvalue weighted by Crippen LogP contribution is 2.27. The summed E-state index contributed by atoms with van der Waals surface area (Å²) in [5, 5.41) is 11.8. The minimum atomic E-state index is 0.678. The Kier molecular flexibility index (Phi) is 2.82. The molecular weight excluding hydrogens is 176 g/mol. The van der Waals surface area contributed by atoms with Crippen LogP contribution < -0.4 is 5.32 Å². The predicted molar refractivity (Wildman–Crippen MR) is 54.9 cm³/mol. The number of aromatic nitrogens is 3. The zero-order valence-corrected chi connectivity index (χ0v) is 8.90. The van der Waals surface area contributed by atoms with Crippen LogP contribution in [-0.2, 0) is 13.5 Å². The summed E-state index contributed by atoms with van der Waals surface area (Å²) in [5.41, 5.74) is 1.12. The van der Waals surface area contributed by atoms with Crippen molar-refractivity contribution in [2.75, 3.05) is 7.05 Å². The van der Waals surface area contributed by atoms with Crippen molar-refractivity contribution in [2.45, 2.75) is 31.7 Å². The average molecular weight is 194 g/mol. The molecule has 0 saturated heterocycles.